The quantitative estimate of drug-likeness (QED) is 0.156. The van der Waals surface area contributed by atoms with E-state index in [9.17, 15) is 25.0 Å². The SMILES string of the molecule is COc1ccc2c(c1)oc1cc([N+](=O)[O-])c(C(C)OC(=O)Oc3ccc([N+](=O)[O-])cc3)cc12. The maximum absolute atomic E-state index is 12.2. The lowest BCUT2D eigenvalue weighted by Crippen LogP contribution is -2.14. The summed E-state index contributed by atoms with van der Waals surface area (Å²) >= 11 is 0. The minimum Gasteiger partial charge on any atom is -0.497 e. The molecule has 0 saturated heterocycles. The predicted octanol–water partition coefficient (Wildman–Crippen LogP) is 5.69. The fourth-order valence-electron chi connectivity index (χ4n) is 3.38. The second kappa shape index (κ2) is 8.46. The molecule has 168 valence electrons. The molecular weight excluding hydrogens is 436 g/mol. The predicted molar refractivity (Wildman–Crippen MR) is 116 cm³/mol. The Balaban J connectivity index is 1.63. The van der Waals surface area contributed by atoms with E-state index in [1.165, 1.54) is 50.4 Å². The highest BCUT2D eigenvalue weighted by atomic mass is 16.7. The smallest absolute Gasteiger partial charge is 0.497 e. The standard InChI is InChI=1S/C22H16N2O9/c1-12(31-22(25)32-14-5-3-13(4-6-14)23(26)27)17-10-18-16-8-7-15(30-2)9-20(16)33-21(18)11-19(17)24(28)29/h3-12H,1-2H3. The fraction of sp³-hybridized carbons (Fsp3) is 0.136. The Bertz CT molecular complexity index is 1390. The number of ether oxygens (including phenoxy) is 3. The van der Waals surface area contributed by atoms with Crippen molar-refractivity contribution < 1.29 is 33.3 Å². The van der Waals surface area contributed by atoms with Crippen molar-refractivity contribution in [1.82, 2.24) is 0 Å². The Labute approximate surface area is 185 Å². The second-order valence-electron chi connectivity index (χ2n) is 6.99. The molecule has 33 heavy (non-hydrogen) atoms. The summed E-state index contributed by atoms with van der Waals surface area (Å²) in [5.41, 5.74) is 0.477. The summed E-state index contributed by atoms with van der Waals surface area (Å²) in [6.45, 7) is 1.47. The normalized spacial score (nSPS) is 11.8. The monoisotopic (exact) mass is 452 g/mol. The van der Waals surface area contributed by atoms with E-state index in [1.54, 1.807) is 18.2 Å². The zero-order chi connectivity index (χ0) is 23.7. The van der Waals surface area contributed by atoms with Crippen LogP contribution in [-0.4, -0.2) is 23.1 Å². The molecule has 1 unspecified atom stereocenters. The molecule has 0 fully saturated rings. The van der Waals surface area contributed by atoms with E-state index in [-0.39, 0.29) is 22.7 Å². The number of carbonyl (C=O) groups excluding carboxylic acids is 1. The number of furan rings is 1. The third kappa shape index (κ3) is 4.24. The lowest BCUT2D eigenvalue weighted by molar-refractivity contribution is -0.386. The number of rotatable bonds is 6. The van der Waals surface area contributed by atoms with Gasteiger partial charge in [0.25, 0.3) is 11.4 Å². The van der Waals surface area contributed by atoms with Crippen LogP contribution >= 0.6 is 0 Å². The molecular formula is C22H16N2O9. The largest absolute Gasteiger partial charge is 0.514 e. The van der Waals surface area contributed by atoms with Crippen molar-refractivity contribution in [3.05, 3.63) is 80.4 Å². The van der Waals surface area contributed by atoms with Crippen molar-refractivity contribution in [3.8, 4) is 11.5 Å². The van der Waals surface area contributed by atoms with E-state index in [0.29, 0.717) is 27.7 Å². The van der Waals surface area contributed by atoms with Crippen LogP contribution in [0.1, 0.15) is 18.6 Å². The minimum absolute atomic E-state index is 0.0255. The minimum atomic E-state index is -1.12. The summed E-state index contributed by atoms with van der Waals surface area (Å²) in [5.74, 6) is 0.597. The topological polar surface area (TPSA) is 144 Å². The number of benzene rings is 3. The van der Waals surface area contributed by atoms with E-state index in [1.807, 2.05) is 0 Å². The Morgan fingerprint density at radius 3 is 2.21 bits per heavy atom. The van der Waals surface area contributed by atoms with Gasteiger partial charge in [-0.3, -0.25) is 20.2 Å². The van der Waals surface area contributed by atoms with Gasteiger partial charge < -0.3 is 18.6 Å². The van der Waals surface area contributed by atoms with E-state index in [4.69, 9.17) is 18.6 Å². The molecule has 0 saturated carbocycles. The molecule has 11 nitrogen and oxygen atoms in total. The van der Waals surface area contributed by atoms with Gasteiger partial charge in [0, 0.05) is 29.0 Å². The number of nitrogens with zero attached hydrogens (tertiary/aromatic N) is 2. The summed E-state index contributed by atoms with van der Waals surface area (Å²) < 4.78 is 21.2. The highest BCUT2D eigenvalue weighted by molar-refractivity contribution is 6.06. The summed E-state index contributed by atoms with van der Waals surface area (Å²) in [6.07, 6.45) is -2.16. The lowest BCUT2D eigenvalue weighted by Gasteiger charge is -2.14. The molecule has 0 aliphatic heterocycles. The van der Waals surface area contributed by atoms with Gasteiger partial charge in [0.1, 0.15) is 28.8 Å². The third-order valence-electron chi connectivity index (χ3n) is 4.98. The fourth-order valence-corrected chi connectivity index (χ4v) is 3.38. The first-order valence-corrected chi connectivity index (χ1v) is 9.58. The molecule has 0 spiro atoms. The molecule has 0 aliphatic rings. The van der Waals surface area contributed by atoms with Gasteiger partial charge in [-0.15, -0.1) is 0 Å². The molecule has 0 N–H and O–H groups in total. The van der Waals surface area contributed by atoms with Crippen molar-refractivity contribution in [2.24, 2.45) is 0 Å². The highest BCUT2D eigenvalue weighted by Gasteiger charge is 2.26. The Kier molecular flexibility index (Phi) is 5.53. The van der Waals surface area contributed by atoms with Crippen LogP contribution in [0.15, 0.2) is 59.0 Å². The van der Waals surface area contributed by atoms with Crippen LogP contribution in [0.5, 0.6) is 11.5 Å². The lowest BCUT2D eigenvalue weighted by atomic mass is 10.0. The van der Waals surface area contributed by atoms with Gasteiger partial charge in [-0.05, 0) is 37.3 Å². The molecule has 4 rings (SSSR count). The van der Waals surface area contributed by atoms with Gasteiger partial charge >= 0.3 is 6.16 Å². The molecule has 1 heterocycles. The highest BCUT2D eigenvalue weighted by Crippen LogP contribution is 2.38. The van der Waals surface area contributed by atoms with Crippen LogP contribution < -0.4 is 9.47 Å². The Hall–Kier alpha value is -4.67. The van der Waals surface area contributed by atoms with Crippen molar-refractivity contribution >= 4 is 39.5 Å². The molecule has 0 amide bonds. The first kappa shape index (κ1) is 21.6. The Morgan fingerprint density at radius 2 is 1.58 bits per heavy atom. The first-order chi connectivity index (χ1) is 15.8. The summed E-state index contributed by atoms with van der Waals surface area (Å²) in [5, 5.41) is 23.7. The van der Waals surface area contributed by atoms with Gasteiger partial charge in [0.2, 0.25) is 0 Å². The van der Waals surface area contributed by atoms with E-state index >= 15 is 0 Å². The average Bonchev–Trinajstić information content (AvgIpc) is 3.15. The van der Waals surface area contributed by atoms with Crippen LogP contribution in [0, 0.1) is 20.2 Å². The van der Waals surface area contributed by atoms with Crippen LogP contribution in [0.2, 0.25) is 0 Å². The van der Waals surface area contributed by atoms with Gasteiger partial charge in [0.15, 0.2) is 0 Å². The number of methoxy groups -OCH3 is 1. The number of hydrogen-bond acceptors (Lipinski definition) is 9. The molecule has 1 aromatic heterocycles. The molecule has 1 atom stereocenters. The van der Waals surface area contributed by atoms with Gasteiger partial charge in [-0.1, -0.05) is 0 Å². The first-order valence-electron chi connectivity index (χ1n) is 9.58. The van der Waals surface area contributed by atoms with E-state index in [2.05, 4.69) is 0 Å². The van der Waals surface area contributed by atoms with E-state index in [0.717, 1.165) is 0 Å². The summed E-state index contributed by atoms with van der Waals surface area (Å²) in [7, 11) is 1.52. The maximum Gasteiger partial charge on any atom is 0.514 e. The zero-order valence-electron chi connectivity index (χ0n) is 17.3. The molecule has 11 heteroatoms. The molecule has 0 radical (unpaired) electrons. The van der Waals surface area contributed by atoms with Gasteiger partial charge in [-0.2, -0.15) is 0 Å². The van der Waals surface area contributed by atoms with Crippen LogP contribution in [0.4, 0.5) is 16.2 Å². The second-order valence-corrected chi connectivity index (χ2v) is 6.99. The van der Waals surface area contributed by atoms with Crippen molar-refractivity contribution in [3.63, 3.8) is 0 Å². The summed E-state index contributed by atoms with van der Waals surface area (Å²) in [6, 6.07) is 12.8. The van der Waals surface area contributed by atoms with Crippen molar-refractivity contribution in [1.29, 1.82) is 0 Å². The number of non-ortho nitro benzene ring substituents is 1. The van der Waals surface area contributed by atoms with Crippen LogP contribution in [0.25, 0.3) is 21.9 Å². The maximum atomic E-state index is 12.2. The number of nitro benzene ring substituents is 2. The average molecular weight is 452 g/mol. The number of nitro groups is 2. The molecule has 3 aromatic carbocycles. The van der Waals surface area contributed by atoms with Crippen molar-refractivity contribution in [2.45, 2.75) is 13.0 Å². The molecule has 4 aromatic rings. The van der Waals surface area contributed by atoms with Crippen LogP contribution in [-0.2, 0) is 4.74 Å². The van der Waals surface area contributed by atoms with E-state index < -0.39 is 22.1 Å². The number of fused-ring (bicyclic) bond motifs is 3. The third-order valence-corrected chi connectivity index (χ3v) is 4.98. The summed E-state index contributed by atoms with van der Waals surface area (Å²) in [4.78, 5) is 33.4. The zero-order valence-corrected chi connectivity index (χ0v) is 17.3. The van der Waals surface area contributed by atoms with Crippen LogP contribution in [0.3, 0.4) is 0 Å². The van der Waals surface area contributed by atoms with Crippen molar-refractivity contribution in [2.75, 3.05) is 7.11 Å². The Morgan fingerprint density at radius 1 is 0.909 bits per heavy atom. The van der Waals surface area contributed by atoms with Gasteiger partial charge in [0.05, 0.1) is 28.6 Å². The number of hydrogen-bond donors (Lipinski definition) is 0. The van der Waals surface area contributed by atoms with Gasteiger partial charge in [-0.25, -0.2) is 4.79 Å². The molecule has 0 aliphatic carbocycles. The number of carbonyl (C=O) groups is 1. The molecule has 0 bridgehead atoms.